The van der Waals surface area contributed by atoms with Gasteiger partial charge in [-0.25, -0.2) is 0 Å². The summed E-state index contributed by atoms with van der Waals surface area (Å²) < 4.78 is 0. The third-order valence-corrected chi connectivity index (χ3v) is 4.15. The Morgan fingerprint density at radius 2 is 1.32 bits per heavy atom. The number of fused-ring (bicyclic) bond motifs is 3. The molecule has 0 unspecified atom stereocenters. The van der Waals surface area contributed by atoms with Crippen molar-refractivity contribution in [2.24, 2.45) is 5.73 Å². The fraction of sp³-hybridized carbons (Fsp3) is 0. The van der Waals surface area contributed by atoms with Crippen molar-refractivity contribution in [2.45, 2.75) is 0 Å². The second kappa shape index (κ2) is 4.46. The van der Waals surface area contributed by atoms with E-state index in [0.717, 1.165) is 21.5 Å². The Bertz CT molecular complexity index is 1070. The Morgan fingerprint density at radius 1 is 0.727 bits per heavy atom. The van der Waals surface area contributed by atoms with Gasteiger partial charge in [-0.3, -0.25) is 4.79 Å². The molecule has 1 amide bonds. The topological polar surface area (TPSA) is 69.1 Å². The van der Waals surface area contributed by atoms with E-state index in [1.54, 1.807) is 6.07 Å². The SMILES string of the molecule is NC(=O)c1ccc2cc3cc4ccccc4cc3cc2c1N. The fourth-order valence-corrected chi connectivity index (χ4v) is 3.00. The standard InChI is InChI=1S/C19H14N2O/c20-18-16(19(21)22)6-5-13-9-14-7-11-3-1-2-4-12(11)8-15(14)10-17(13)18/h1-10H,20H2,(H2,21,22). The highest BCUT2D eigenvalue weighted by Gasteiger charge is 2.10. The predicted octanol–water partition coefficient (Wildman–Crippen LogP) is 3.83. The van der Waals surface area contributed by atoms with Crippen LogP contribution in [0.1, 0.15) is 10.4 Å². The zero-order valence-electron chi connectivity index (χ0n) is 11.8. The van der Waals surface area contributed by atoms with E-state index in [0.29, 0.717) is 11.3 Å². The number of nitrogens with two attached hydrogens (primary N) is 2. The summed E-state index contributed by atoms with van der Waals surface area (Å²) in [6.45, 7) is 0. The quantitative estimate of drug-likeness (QED) is 0.412. The van der Waals surface area contributed by atoms with Crippen LogP contribution in [0.3, 0.4) is 0 Å². The summed E-state index contributed by atoms with van der Waals surface area (Å²) in [5, 5.41) is 6.50. The molecule has 22 heavy (non-hydrogen) atoms. The number of amides is 1. The summed E-state index contributed by atoms with van der Waals surface area (Å²) in [4.78, 5) is 11.4. The fourth-order valence-electron chi connectivity index (χ4n) is 3.00. The first-order chi connectivity index (χ1) is 10.6. The Labute approximate surface area is 127 Å². The van der Waals surface area contributed by atoms with Crippen molar-refractivity contribution in [3.05, 3.63) is 66.2 Å². The summed E-state index contributed by atoms with van der Waals surface area (Å²) in [7, 11) is 0. The maximum atomic E-state index is 11.4. The van der Waals surface area contributed by atoms with Gasteiger partial charge in [-0.15, -0.1) is 0 Å². The van der Waals surface area contributed by atoms with Crippen LogP contribution in [0.15, 0.2) is 60.7 Å². The van der Waals surface area contributed by atoms with Gasteiger partial charge in [-0.05, 0) is 57.3 Å². The monoisotopic (exact) mass is 286 g/mol. The molecule has 0 aliphatic carbocycles. The van der Waals surface area contributed by atoms with Crippen LogP contribution in [-0.4, -0.2) is 5.91 Å². The number of carbonyl (C=O) groups excluding carboxylic acids is 1. The largest absolute Gasteiger partial charge is 0.398 e. The van der Waals surface area contributed by atoms with E-state index in [-0.39, 0.29) is 0 Å². The third-order valence-electron chi connectivity index (χ3n) is 4.15. The van der Waals surface area contributed by atoms with Gasteiger partial charge in [-0.2, -0.15) is 0 Å². The summed E-state index contributed by atoms with van der Waals surface area (Å²) in [6, 6.07) is 20.2. The molecule has 4 rings (SSSR count). The van der Waals surface area contributed by atoms with Crippen molar-refractivity contribution in [2.75, 3.05) is 5.73 Å². The van der Waals surface area contributed by atoms with Crippen LogP contribution in [0.4, 0.5) is 5.69 Å². The van der Waals surface area contributed by atoms with Crippen LogP contribution in [-0.2, 0) is 0 Å². The van der Waals surface area contributed by atoms with Gasteiger partial charge in [0.2, 0.25) is 0 Å². The van der Waals surface area contributed by atoms with Gasteiger partial charge in [0.25, 0.3) is 5.91 Å². The van der Waals surface area contributed by atoms with Crippen LogP contribution in [0, 0.1) is 0 Å². The molecule has 4 N–H and O–H groups in total. The average Bonchev–Trinajstić information content (AvgIpc) is 2.51. The summed E-state index contributed by atoms with van der Waals surface area (Å²) in [5.41, 5.74) is 12.3. The van der Waals surface area contributed by atoms with E-state index in [1.807, 2.05) is 24.3 Å². The zero-order valence-corrected chi connectivity index (χ0v) is 11.8. The molecule has 0 aliphatic heterocycles. The molecule has 0 atom stereocenters. The molecular formula is C19H14N2O. The Hall–Kier alpha value is -3.07. The van der Waals surface area contributed by atoms with Gasteiger partial charge >= 0.3 is 0 Å². The molecular weight excluding hydrogens is 272 g/mol. The van der Waals surface area contributed by atoms with Crippen LogP contribution in [0.25, 0.3) is 32.3 Å². The van der Waals surface area contributed by atoms with E-state index >= 15 is 0 Å². The summed E-state index contributed by atoms with van der Waals surface area (Å²) >= 11 is 0. The van der Waals surface area contributed by atoms with Gasteiger partial charge in [0.15, 0.2) is 0 Å². The summed E-state index contributed by atoms with van der Waals surface area (Å²) in [5.74, 6) is -0.502. The van der Waals surface area contributed by atoms with Crippen molar-refractivity contribution in [3.63, 3.8) is 0 Å². The smallest absolute Gasteiger partial charge is 0.250 e. The highest BCUT2D eigenvalue weighted by Crippen LogP contribution is 2.31. The minimum absolute atomic E-state index is 0.368. The number of primary amides is 1. The molecule has 0 radical (unpaired) electrons. The highest BCUT2D eigenvalue weighted by molar-refractivity contribution is 6.12. The van der Waals surface area contributed by atoms with E-state index in [9.17, 15) is 4.79 Å². The minimum atomic E-state index is -0.502. The molecule has 0 fully saturated rings. The van der Waals surface area contributed by atoms with Crippen molar-refractivity contribution in [1.29, 1.82) is 0 Å². The molecule has 3 heteroatoms. The molecule has 0 aliphatic rings. The van der Waals surface area contributed by atoms with Gasteiger partial charge in [0.1, 0.15) is 0 Å². The lowest BCUT2D eigenvalue weighted by molar-refractivity contribution is 0.100. The third kappa shape index (κ3) is 1.79. The lowest BCUT2D eigenvalue weighted by Crippen LogP contribution is -2.13. The molecule has 3 nitrogen and oxygen atoms in total. The normalized spacial score (nSPS) is 11.3. The lowest BCUT2D eigenvalue weighted by atomic mass is 9.97. The van der Waals surface area contributed by atoms with Crippen LogP contribution in [0.5, 0.6) is 0 Å². The number of carbonyl (C=O) groups is 1. The van der Waals surface area contributed by atoms with Gasteiger partial charge in [-0.1, -0.05) is 30.3 Å². The molecule has 0 saturated carbocycles. The molecule has 4 aromatic rings. The van der Waals surface area contributed by atoms with E-state index in [1.165, 1.54) is 10.8 Å². The average molecular weight is 286 g/mol. The molecule has 0 saturated heterocycles. The van der Waals surface area contributed by atoms with Crippen molar-refractivity contribution >= 4 is 43.9 Å². The number of anilines is 1. The highest BCUT2D eigenvalue weighted by atomic mass is 16.1. The maximum Gasteiger partial charge on any atom is 0.250 e. The Balaban J connectivity index is 2.12. The number of nitrogen functional groups attached to an aromatic ring is 1. The first-order valence-electron chi connectivity index (χ1n) is 7.08. The van der Waals surface area contributed by atoms with E-state index in [2.05, 4.69) is 30.3 Å². The second-order valence-electron chi connectivity index (χ2n) is 5.51. The number of benzene rings is 4. The molecule has 4 aromatic carbocycles. The second-order valence-corrected chi connectivity index (χ2v) is 5.51. The number of hydrogen-bond donors (Lipinski definition) is 2. The van der Waals surface area contributed by atoms with Crippen LogP contribution >= 0.6 is 0 Å². The molecule has 0 aromatic heterocycles. The number of rotatable bonds is 1. The lowest BCUT2D eigenvalue weighted by Gasteiger charge is -2.09. The Morgan fingerprint density at radius 3 is 1.95 bits per heavy atom. The van der Waals surface area contributed by atoms with Crippen molar-refractivity contribution in [3.8, 4) is 0 Å². The van der Waals surface area contributed by atoms with Crippen molar-refractivity contribution in [1.82, 2.24) is 0 Å². The van der Waals surface area contributed by atoms with Gasteiger partial charge < -0.3 is 11.5 Å². The molecule has 106 valence electrons. The first kappa shape index (κ1) is 12.7. The van der Waals surface area contributed by atoms with Gasteiger partial charge in [0.05, 0.1) is 11.3 Å². The minimum Gasteiger partial charge on any atom is -0.398 e. The van der Waals surface area contributed by atoms with Crippen molar-refractivity contribution < 1.29 is 4.79 Å². The zero-order chi connectivity index (χ0) is 15.3. The van der Waals surface area contributed by atoms with E-state index in [4.69, 9.17) is 11.5 Å². The van der Waals surface area contributed by atoms with Crippen LogP contribution < -0.4 is 11.5 Å². The summed E-state index contributed by atoms with van der Waals surface area (Å²) in [6.07, 6.45) is 0. The maximum absolute atomic E-state index is 11.4. The van der Waals surface area contributed by atoms with Gasteiger partial charge in [0, 0.05) is 5.39 Å². The number of hydrogen-bond acceptors (Lipinski definition) is 2. The molecule has 0 bridgehead atoms. The molecule has 0 heterocycles. The van der Waals surface area contributed by atoms with E-state index < -0.39 is 5.91 Å². The Kier molecular flexibility index (Phi) is 2.57. The predicted molar refractivity (Wildman–Crippen MR) is 91.9 cm³/mol. The first-order valence-corrected chi connectivity index (χ1v) is 7.08. The molecule has 0 spiro atoms. The van der Waals surface area contributed by atoms with Crippen LogP contribution in [0.2, 0.25) is 0 Å².